The number of ether oxygens (including phenoxy) is 3. The monoisotopic (exact) mass is 533 g/mol. The van der Waals surface area contributed by atoms with E-state index in [0.29, 0.717) is 47.4 Å². The topological polar surface area (TPSA) is 68.2 Å². The van der Waals surface area contributed by atoms with E-state index in [1.165, 1.54) is 0 Å². The van der Waals surface area contributed by atoms with Crippen LogP contribution in [0.2, 0.25) is 35.7 Å². The van der Waals surface area contributed by atoms with Crippen LogP contribution >= 0.6 is 23.2 Å². The van der Waals surface area contributed by atoms with E-state index in [4.69, 9.17) is 37.4 Å². The smallest absolute Gasteiger partial charge is 0.410 e. The molecule has 1 heterocycles. The van der Waals surface area contributed by atoms with Gasteiger partial charge in [-0.2, -0.15) is 0 Å². The number of rotatable bonds is 8. The van der Waals surface area contributed by atoms with Crippen LogP contribution < -0.4 is 4.74 Å². The van der Waals surface area contributed by atoms with Crippen LogP contribution in [0.25, 0.3) is 0 Å². The highest BCUT2D eigenvalue weighted by atomic mass is 35.5. The van der Waals surface area contributed by atoms with E-state index in [1.807, 2.05) is 34.6 Å². The number of piperidine rings is 1. The molecule has 2 unspecified atom stereocenters. The average molecular weight is 535 g/mol. The first-order chi connectivity index (χ1) is 15.5. The predicted molar refractivity (Wildman–Crippen MR) is 141 cm³/mol. The maximum absolute atomic E-state index is 12.7. The number of carbonyl (C=O) groups is 1. The van der Waals surface area contributed by atoms with Gasteiger partial charge in [-0.05, 0) is 65.5 Å². The van der Waals surface area contributed by atoms with Crippen molar-refractivity contribution in [1.82, 2.24) is 4.90 Å². The number of aliphatic hydroxyl groups excluding tert-OH is 1. The van der Waals surface area contributed by atoms with Crippen LogP contribution in [-0.4, -0.2) is 55.3 Å². The van der Waals surface area contributed by atoms with Crippen molar-refractivity contribution >= 4 is 37.4 Å². The molecule has 1 aliphatic rings. The molecular formula is C25H41Cl2NO5Si. The van der Waals surface area contributed by atoms with E-state index in [2.05, 4.69) is 19.6 Å². The Morgan fingerprint density at radius 2 is 1.85 bits per heavy atom. The molecule has 0 spiro atoms. The van der Waals surface area contributed by atoms with Gasteiger partial charge in [0.05, 0.1) is 16.1 Å². The second-order valence-corrected chi connectivity index (χ2v) is 18.4. The Kier molecular flexibility index (Phi) is 9.78. The summed E-state index contributed by atoms with van der Waals surface area (Å²) in [6.45, 7) is 17.6. The molecule has 1 fully saturated rings. The highest BCUT2D eigenvalue weighted by molar-refractivity contribution is 6.76. The Balaban J connectivity index is 2.12. The van der Waals surface area contributed by atoms with Gasteiger partial charge in [-0.3, -0.25) is 0 Å². The van der Waals surface area contributed by atoms with Gasteiger partial charge in [0, 0.05) is 38.4 Å². The van der Waals surface area contributed by atoms with Crippen molar-refractivity contribution in [1.29, 1.82) is 0 Å². The zero-order valence-electron chi connectivity index (χ0n) is 21.8. The Hall–Kier alpha value is -0.993. The third-order valence-corrected chi connectivity index (χ3v) is 8.37. The van der Waals surface area contributed by atoms with Crippen molar-refractivity contribution < 1.29 is 24.1 Å². The van der Waals surface area contributed by atoms with Crippen molar-refractivity contribution in [2.24, 2.45) is 5.92 Å². The number of benzene rings is 1. The molecule has 1 aliphatic heterocycles. The van der Waals surface area contributed by atoms with Gasteiger partial charge < -0.3 is 24.2 Å². The van der Waals surface area contributed by atoms with Crippen LogP contribution in [0.5, 0.6) is 5.75 Å². The first-order valence-electron chi connectivity index (χ1n) is 11.9. The lowest BCUT2D eigenvalue weighted by Gasteiger charge is -2.46. The van der Waals surface area contributed by atoms with E-state index < -0.39 is 25.3 Å². The van der Waals surface area contributed by atoms with E-state index in [9.17, 15) is 9.90 Å². The summed E-state index contributed by atoms with van der Waals surface area (Å²) >= 11 is 12.5. The molecular weight excluding hydrogens is 493 g/mol. The molecule has 1 aromatic carbocycles. The third kappa shape index (κ3) is 8.59. The summed E-state index contributed by atoms with van der Waals surface area (Å²) in [5, 5.41) is 12.1. The summed E-state index contributed by atoms with van der Waals surface area (Å²) in [5.41, 5.74) is -0.467. The molecule has 1 amide bonds. The average Bonchev–Trinajstić information content (AvgIpc) is 2.66. The van der Waals surface area contributed by atoms with Crippen LogP contribution in [0.3, 0.4) is 0 Å². The van der Waals surface area contributed by atoms with Gasteiger partial charge in [-0.15, -0.1) is 0 Å². The minimum atomic E-state index is -1.19. The van der Waals surface area contributed by atoms with Crippen molar-refractivity contribution in [2.75, 3.05) is 19.9 Å². The van der Waals surface area contributed by atoms with Crippen LogP contribution in [0.15, 0.2) is 12.1 Å². The summed E-state index contributed by atoms with van der Waals surface area (Å²) < 4.78 is 17.1. The van der Waals surface area contributed by atoms with Crippen molar-refractivity contribution in [3.05, 3.63) is 27.7 Å². The van der Waals surface area contributed by atoms with Crippen LogP contribution in [0.4, 0.5) is 4.79 Å². The van der Waals surface area contributed by atoms with E-state index in [0.717, 1.165) is 6.04 Å². The van der Waals surface area contributed by atoms with Crippen LogP contribution in [-0.2, 0) is 9.47 Å². The summed E-state index contributed by atoms with van der Waals surface area (Å²) in [4.78, 5) is 14.5. The number of hydrogen-bond acceptors (Lipinski definition) is 5. The Morgan fingerprint density at radius 3 is 2.41 bits per heavy atom. The fraction of sp³-hybridized carbons (Fsp3) is 0.720. The molecule has 0 aliphatic carbocycles. The molecule has 0 bridgehead atoms. The third-order valence-electron chi connectivity index (χ3n) is 5.94. The lowest BCUT2D eigenvalue weighted by molar-refractivity contribution is -0.0339. The van der Waals surface area contributed by atoms with Gasteiger partial charge in [-0.25, -0.2) is 4.79 Å². The normalized spacial score (nSPS) is 19.6. The Morgan fingerprint density at radius 1 is 1.24 bits per heavy atom. The molecule has 0 saturated carbocycles. The summed E-state index contributed by atoms with van der Waals surface area (Å²) in [7, 11) is -1.19. The highest BCUT2D eigenvalue weighted by Crippen LogP contribution is 2.43. The first kappa shape index (κ1) is 29.2. The van der Waals surface area contributed by atoms with E-state index in [-0.39, 0.29) is 18.8 Å². The zero-order chi connectivity index (χ0) is 25.9. The van der Waals surface area contributed by atoms with E-state index in [1.54, 1.807) is 17.0 Å². The fourth-order valence-electron chi connectivity index (χ4n) is 4.07. The quantitative estimate of drug-likeness (QED) is 0.218. The van der Waals surface area contributed by atoms with Gasteiger partial charge in [0.1, 0.15) is 11.4 Å². The lowest BCUT2D eigenvalue weighted by atomic mass is 9.78. The second-order valence-electron chi connectivity index (χ2n) is 11.9. The molecule has 0 radical (unpaired) electrons. The van der Waals surface area contributed by atoms with Crippen molar-refractivity contribution in [2.45, 2.75) is 90.4 Å². The SMILES string of the molecule is CC(C)(C)OC(=O)N1CCC(C(O)c2cc(Cl)c(Cl)cc2OCOCC[Si](C)(C)C)CC1(C)C. The lowest BCUT2D eigenvalue weighted by Crippen LogP contribution is -2.54. The number of halogens is 2. The molecule has 2 rings (SSSR count). The van der Waals surface area contributed by atoms with Gasteiger partial charge in [0.2, 0.25) is 0 Å². The predicted octanol–water partition coefficient (Wildman–Crippen LogP) is 7.14. The van der Waals surface area contributed by atoms with Crippen LogP contribution in [0, 0.1) is 5.92 Å². The fourth-order valence-corrected chi connectivity index (χ4v) is 5.16. The molecule has 1 aromatic rings. The summed E-state index contributed by atoms with van der Waals surface area (Å²) in [5.74, 6) is 0.364. The number of carbonyl (C=O) groups excluding carboxylic acids is 1. The first-order valence-corrected chi connectivity index (χ1v) is 16.3. The highest BCUT2D eigenvalue weighted by Gasteiger charge is 2.42. The van der Waals surface area contributed by atoms with E-state index >= 15 is 0 Å². The molecule has 194 valence electrons. The van der Waals surface area contributed by atoms with Crippen molar-refractivity contribution in [3.8, 4) is 5.75 Å². The Labute approximate surface area is 215 Å². The Bertz CT molecular complexity index is 851. The maximum Gasteiger partial charge on any atom is 0.410 e. The number of nitrogens with zero attached hydrogens (tertiary/aromatic N) is 1. The summed E-state index contributed by atoms with van der Waals surface area (Å²) in [6, 6.07) is 4.34. The van der Waals surface area contributed by atoms with Crippen LogP contribution in [0.1, 0.15) is 59.1 Å². The standard InChI is InChI=1S/C25H41Cl2NO5Si/c1-24(2,3)33-23(30)28-10-9-17(15-25(28,4)5)22(29)18-13-19(26)20(27)14-21(18)32-16-31-11-12-34(6,7)8/h13-14,17,22,29H,9-12,15-16H2,1-8H3. The molecule has 1 saturated heterocycles. The van der Waals surface area contributed by atoms with Crippen molar-refractivity contribution in [3.63, 3.8) is 0 Å². The van der Waals surface area contributed by atoms with Gasteiger partial charge in [0.15, 0.2) is 6.79 Å². The van der Waals surface area contributed by atoms with Gasteiger partial charge in [0.25, 0.3) is 0 Å². The minimum Gasteiger partial charge on any atom is -0.467 e. The van der Waals surface area contributed by atoms with Gasteiger partial charge >= 0.3 is 6.09 Å². The molecule has 2 atom stereocenters. The molecule has 0 aromatic heterocycles. The number of amides is 1. The number of aliphatic hydroxyl groups is 1. The largest absolute Gasteiger partial charge is 0.467 e. The number of hydrogen-bond donors (Lipinski definition) is 1. The zero-order valence-corrected chi connectivity index (χ0v) is 24.3. The minimum absolute atomic E-state index is 0.0741. The molecule has 9 heteroatoms. The molecule has 34 heavy (non-hydrogen) atoms. The molecule has 6 nitrogen and oxygen atoms in total. The molecule has 1 N–H and O–H groups in total. The second kappa shape index (κ2) is 11.4. The number of likely N-dealkylation sites (tertiary alicyclic amines) is 1. The summed E-state index contributed by atoms with van der Waals surface area (Å²) in [6.07, 6.45) is 0.0574. The van der Waals surface area contributed by atoms with Gasteiger partial charge in [-0.1, -0.05) is 42.8 Å². The maximum atomic E-state index is 12.7.